The zero-order valence-corrected chi connectivity index (χ0v) is 21.1. The lowest BCUT2D eigenvalue weighted by Gasteiger charge is -2.46. The summed E-state index contributed by atoms with van der Waals surface area (Å²) in [5, 5.41) is 2.00. The Balaban J connectivity index is 1.52. The summed E-state index contributed by atoms with van der Waals surface area (Å²) >= 11 is 0. The minimum absolute atomic E-state index is 0.185. The molecule has 4 aromatic rings. The summed E-state index contributed by atoms with van der Waals surface area (Å²) in [5.41, 5.74) is 3.56. The molecule has 0 bridgehead atoms. The lowest BCUT2D eigenvalue weighted by molar-refractivity contribution is -0.140. The molecule has 0 saturated carbocycles. The van der Waals surface area contributed by atoms with E-state index in [-0.39, 0.29) is 17.9 Å². The number of ketones is 1. The molecule has 37 heavy (non-hydrogen) atoms. The Morgan fingerprint density at radius 3 is 1.92 bits per heavy atom. The first-order valence-electron chi connectivity index (χ1n) is 13.1. The van der Waals surface area contributed by atoms with Crippen molar-refractivity contribution >= 4 is 11.5 Å². The molecule has 1 spiro atoms. The van der Waals surface area contributed by atoms with Gasteiger partial charge >= 0.3 is 0 Å². The summed E-state index contributed by atoms with van der Waals surface area (Å²) in [7, 11) is 0. The van der Waals surface area contributed by atoms with Crippen molar-refractivity contribution in [2.75, 3.05) is 18.2 Å². The van der Waals surface area contributed by atoms with Gasteiger partial charge in [-0.05, 0) is 35.7 Å². The fraction of sp³-hybridized carbons (Fsp3) is 0.242. The van der Waals surface area contributed by atoms with Crippen LogP contribution in [0.25, 0.3) is 0 Å². The smallest absolute Gasteiger partial charge is 0.147 e. The van der Waals surface area contributed by atoms with Crippen LogP contribution in [0.1, 0.15) is 48.2 Å². The number of benzene rings is 4. The van der Waals surface area contributed by atoms with Gasteiger partial charge in [-0.2, -0.15) is 0 Å². The first-order chi connectivity index (χ1) is 18.2. The number of hydrogen-bond donors (Lipinski definition) is 0. The maximum Gasteiger partial charge on any atom is 0.147 e. The van der Waals surface area contributed by atoms with E-state index < -0.39 is 11.5 Å². The second-order valence-electron chi connectivity index (χ2n) is 10.1. The predicted molar refractivity (Wildman–Crippen MR) is 147 cm³/mol. The Morgan fingerprint density at radius 2 is 1.30 bits per heavy atom. The van der Waals surface area contributed by atoms with Crippen molar-refractivity contribution in [2.24, 2.45) is 5.41 Å². The highest BCUT2D eigenvalue weighted by Gasteiger charge is 2.63. The van der Waals surface area contributed by atoms with Gasteiger partial charge in [0.2, 0.25) is 0 Å². The van der Waals surface area contributed by atoms with Crippen LogP contribution in [0.2, 0.25) is 0 Å². The molecule has 4 aromatic carbocycles. The van der Waals surface area contributed by atoms with Crippen molar-refractivity contribution in [2.45, 2.75) is 31.5 Å². The molecule has 4 nitrogen and oxygen atoms in total. The van der Waals surface area contributed by atoms with Crippen LogP contribution in [0.4, 0.5) is 5.69 Å². The van der Waals surface area contributed by atoms with Crippen LogP contribution in [0, 0.1) is 5.41 Å². The maximum absolute atomic E-state index is 14.3. The molecule has 2 aliphatic rings. The van der Waals surface area contributed by atoms with Gasteiger partial charge in [-0.3, -0.25) is 14.5 Å². The second kappa shape index (κ2) is 9.97. The number of Topliss-reactive ketones (excluding diaryl/α,β-unsaturated/α-hetero) is 1. The fourth-order valence-corrected chi connectivity index (χ4v) is 6.18. The number of piperidine rings is 1. The standard InChI is InChI=1S/C33H32N2O2/c1-25(26-14-6-2-7-15-26)34-23-22-30(36)33(24-34)31(27-16-8-3-9-17-27)35(29-20-12-5-13-21-29)37-32(33)28-18-10-4-11-19-28/h2-21,25,31-32H,22-24H2,1H3/t25?,31-,32-,33?/m1/s1. The largest absolute Gasteiger partial charge is 0.299 e. The van der Waals surface area contributed by atoms with Crippen LogP contribution in [0.3, 0.4) is 0 Å². The summed E-state index contributed by atoms with van der Waals surface area (Å²) in [6, 6.07) is 41.4. The number of anilines is 1. The molecule has 4 heteroatoms. The lowest BCUT2D eigenvalue weighted by Crippen LogP contribution is -2.54. The topological polar surface area (TPSA) is 32.8 Å². The summed E-state index contributed by atoms with van der Waals surface area (Å²) in [5.74, 6) is 0.269. The predicted octanol–water partition coefficient (Wildman–Crippen LogP) is 6.94. The summed E-state index contributed by atoms with van der Waals surface area (Å²) in [6.07, 6.45) is 0.0907. The van der Waals surface area contributed by atoms with Crippen LogP contribution in [0.5, 0.6) is 0 Å². The number of likely N-dealkylation sites (tertiary alicyclic amines) is 1. The molecule has 2 unspecified atom stereocenters. The van der Waals surface area contributed by atoms with Crippen molar-refractivity contribution in [3.05, 3.63) is 138 Å². The number of hydroxylamine groups is 1. The number of rotatable bonds is 5. The van der Waals surface area contributed by atoms with Crippen molar-refractivity contribution in [1.82, 2.24) is 4.90 Å². The van der Waals surface area contributed by atoms with Gasteiger partial charge in [0.1, 0.15) is 17.3 Å². The number of carbonyl (C=O) groups is 1. The van der Waals surface area contributed by atoms with Crippen molar-refractivity contribution in [3.63, 3.8) is 0 Å². The summed E-state index contributed by atoms with van der Waals surface area (Å²) in [6.45, 7) is 3.61. The molecule has 6 rings (SSSR count). The first-order valence-corrected chi connectivity index (χ1v) is 13.1. The number of para-hydroxylation sites is 1. The van der Waals surface area contributed by atoms with Crippen LogP contribution in [0.15, 0.2) is 121 Å². The minimum Gasteiger partial charge on any atom is -0.299 e. The van der Waals surface area contributed by atoms with Gasteiger partial charge in [-0.1, -0.05) is 109 Å². The highest BCUT2D eigenvalue weighted by atomic mass is 16.7. The monoisotopic (exact) mass is 488 g/mol. The molecular weight excluding hydrogens is 456 g/mol. The SMILES string of the molecule is CC(c1ccccc1)N1CCC(=O)C2(C1)[C@@H](c1ccccc1)ON(c1ccccc1)[C@@H]2c1ccccc1. The molecule has 0 radical (unpaired) electrons. The first kappa shape index (κ1) is 23.7. The molecule has 2 saturated heterocycles. The minimum atomic E-state index is -0.778. The highest BCUT2D eigenvalue weighted by Crippen LogP contribution is 2.59. The van der Waals surface area contributed by atoms with Crippen molar-refractivity contribution in [3.8, 4) is 0 Å². The zero-order valence-electron chi connectivity index (χ0n) is 21.1. The third-order valence-electron chi connectivity index (χ3n) is 8.08. The van der Waals surface area contributed by atoms with Gasteiger partial charge in [0, 0.05) is 25.6 Å². The molecule has 4 atom stereocenters. The molecule has 0 amide bonds. The van der Waals surface area contributed by atoms with E-state index in [1.165, 1.54) is 5.56 Å². The molecule has 0 aliphatic carbocycles. The van der Waals surface area contributed by atoms with Crippen LogP contribution in [-0.4, -0.2) is 23.8 Å². The third-order valence-corrected chi connectivity index (χ3v) is 8.08. The molecule has 2 aliphatic heterocycles. The Kier molecular flexibility index (Phi) is 6.37. The van der Waals surface area contributed by atoms with E-state index in [2.05, 4.69) is 90.7 Å². The number of carbonyl (C=O) groups excluding carboxylic acids is 1. The van der Waals surface area contributed by atoms with E-state index in [4.69, 9.17) is 4.84 Å². The third kappa shape index (κ3) is 4.16. The fourth-order valence-electron chi connectivity index (χ4n) is 6.18. The zero-order chi connectivity index (χ0) is 25.2. The van der Waals surface area contributed by atoms with E-state index in [1.807, 2.05) is 47.5 Å². The molecule has 0 aromatic heterocycles. The normalized spacial score (nSPS) is 24.9. The lowest BCUT2D eigenvalue weighted by atomic mass is 9.65. The van der Waals surface area contributed by atoms with Gasteiger partial charge in [0.05, 0.1) is 11.7 Å². The second-order valence-corrected chi connectivity index (χ2v) is 10.1. The van der Waals surface area contributed by atoms with Gasteiger partial charge in [0.25, 0.3) is 0 Å². The van der Waals surface area contributed by atoms with Crippen LogP contribution < -0.4 is 5.06 Å². The van der Waals surface area contributed by atoms with E-state index >= 15 is 0 Å². The number of hydrogen-bond acceptors (Lipinski definition) is 4. The Morgan fingerprint density at radius 1 is 0.757 bits per heavy atom. The molecule has 186 valence electrons. The van der Waals surface area contributed by atoms with E-state index in [0.717, 1.165) is 23.4 Å². The Labute approximate surface area is 219 Å². The highest BCUT2D eigenvalue weighted by molar-refractivity contribution is 5.89. The van der Waals surface area contributed by atoms with Gasteiger partial charge in [-0.25, -0.2) is 5.06 Å². The molecule has 2 fully saturated rings. The van der Waals surface area contributed by atoms with E-state index in [9.17, 15) is 4.79 Å². The molecule has 0 N–H and O–H groups in total. The van der Waals surface area contributed by atoms with Crippen molar-refractivity contribution < 1.29 is 9.63 Å². The van der Waals surface area contributed by atoms with E-state index in [1.54, 1.807) is 0 Å². The molecular formula is C33H32N2O2. The van der Waals surface area contributed by atoms with Crippen LogP contribution in [-0.2, 0) is 9.63 Å². The van der Waals surface area contributed by atoms with E-state index in [0.29, 0.717) is 13.0 Å². The summed E-state index contributed by atoms with van der Waals surface area (Å²) in [4.78, 5) is 23.7. The molecule has 2 heterocycles. The van der Waals surface area contributed by atoms with Gasteiger partial charge in [-0.15, -0.1) is 0 Å². The quantitative estimate of drug-likeness (QED) is 0.305. The van der Waals surface area contributed by atoms with Gasteiger partial charge in [0.15, 0.2) is 0 Å². The van der Waals surface area contributed by atoms with Crippen molar-refractivity contribution in [1.29, 1.82) is 0 Å². The number of nitrogens with zero attached hydrogens (tertiary/aromatic N) is 2. The summed E-state index contributed by atoms with van der Waals surface area (Å²) < 4.78 is 0. The maximum atomic E-state index is 14.3. The Bertz CT molecular complexity index is 1330. The van der Waals surface area contributed by atoms with Crippen LogP contribution >= 0.6 is 0 Å². The van der Waals surface area contributed by atoms with Gasteiger partial charge < -0.3 is 0 Å². The Hall–Kier alpha value is -3.73. The average molecular weight is 489 g/mol. The average Bonchev–Trinajstić information content (AvgIpc) is 3.31.